The molecule has 0 bridgehead atoms. The molecule has 2 fully saturated rings. The Balaban J connectivity index is 1.56. The minimum atomic E-state index is -0.331. The van der Waals surface area contributed by atoms with Gasteiger partial charge in [0, 0.05) is 45.6 Å². The van der Waals surface area contributed by atoms with Gasteiger partial charge in [-0.05, 0) is 28.1 Å². The summed E-state index contributed by atoms with van der Waals surface area (Å²) in [5.74, 6) is -0.188. The van der Waals surface area contributed by atoms with Crippen LogP contribution in [0.5, 0.6) is 0 Å². The van der Waals surface area contributed by atoms with Gasteiger partial charge in [-0.3, -0.25) is 4.79 Å². The lowest BCUT2D eigenvalue weighted by Crippen LogP contribution is -2.42. The van der Waals surface area contributed by atoms with Gasteiger partial charge in [-0.1, -0.05) is 12.1 Å². The summed E-state index contributed by atoms with van der Waals surface area (Å²) < 4.78 is 15.3. The monoisotopic (exact) mass is 387 g/mol. The molecule has 9 nitrogen and oxygen atoms in total. The third-order valence-electron chi connectivity index (χ3n) is 5.52. The van der Waals surface area contributed by atoms with E-state index in [9.17, 15) is 14.0 Å². The number of hydrogen-bond acceptors (Lipinski definition) is 5. The van der Waals surface area contributed by atoms with Gasteiger partial charge in [-0.2, -0.15) is 0 Å². The smallest absolute Gasteiger partial charge is 0.320 e. The third-order valence-corrected chi connectivity index (χ3v) is 5.52. The molecule has 148 valence electrons. The van der Waals surface area contributed by atoms with E-state index in [1.54, 1.807) is 30.0 Å². The van der Waals surface area contributed by atoms with E-state index in [2.05, 4.69) is 15.5 Å². The van der Waals surface area contributed by atoms with Crippen LogP contribution in [0.3, 0.4) is 0 Å². The number of amides is 3. The molecule has 28 heavy (non-hydrogen) atoms. The zero-order valence-corrected chi connectivity index (χ0v) is 15.8. The summed E-state index contributed by atoms with van der Waals surface area (Å²) in [6.07, 6.45) is 1.40. The maximum Gasteiger partial charge on any atom is 0.320 e. The number of fused-ring (bicyclic) bond motifs is 1. The summed E-state index contributed by atoms with van der Waals surface area (Å²) in [5, 5.41) is 10.8. The first-order chi connectivity index (χ1) is 13.4. The van der Waals surface area contributed by atoms with E-state index >= 15 is 0 Å². The molecule has 3 heterocycles. The molecular weight excluding hydrogens is 365 g/mol. The van der Waals surface area contributed by atoms with Crippen LogP contribution in [-0.4, -0.2) is 80.6 Å². The average molecular weight is 387 g/mol. The maximum atomic E-state index is 13.9. The topological polar surface area (TPSA) is 87.5 Å². The Hall–Kier alpha value is -3.04. The first-order valence-electron chi connectivity index (χ1n) is 9.16. The second-order valence-corrected chi connectivity index (χ2v) is 7.56. The fraction of sp³-hybridized carbons (Fsp3) is 0.500. The summed E-state index contributed by atoms with van der Waals surface area (Å²) in [5.41, 5.74) is 0.762. The average Bonchev–Trinajstić information content (AvgIpc) is 3.36. The quantitative estimate of drug-likeness (QED) is 0.771. The molecule has 2 aliphatic heterocycles. The van der Waals surface area contributed by atoms with E-state index in [-0.39, 0.29) is 42.2 Å². The van der Waals surface area contributed by atoms with Gasteiger partial charge < -0.3 is 14.7 Å². The van der Waals surface area contributed by atoms with E-state index in [0.717, 1.165) is 5.56 Å². The Morgan fingerprint density at radius 2 is 2.07 bits per heavy atom. The zero-order chi connectivity index (χ0) is 19.8. The molecule has 0 spiro atoms. The second kappa shape index (κ2) is 7.17. The first kappa shape index (κ1) is 18.3. The van der Waals surface area contributed by atoms with E-state index < -0.39 is 0 Å². The Labute approximate surface area is 161 Å². The lowest BCUT2D eigenvalue weighted by Gasteiger charge is -2.31. The maximum absolute atomic E-state index is 13.9. The van der Waals surface area contributed by atoms with Gasteiger partial charge in [-0.25, -0.2) is 13.9 Å². The number of nitrogens with zero attached hydrogens (tertiary/aromatic N) is 7. The summed E-state index contributed by atoms with van der Waals surface area (Å²) in [6, 6.07) is 6.01. The van der Waals surface area contributed by atoms with Gasteiger partial charge in [0.15, 0.2) is 0 Å². The predicted octanol–water partition coefficient (Wildman–Crippen LogP) is 0.625. The molecular formula is C18H22FN7O2. The van der Waals surface area contributed by atoms with E-state index in [1.807, 2.05) is 6.07 Å². The van der Waals surface area contributed by atoms with E-state index in [0.29, 0.717) is 19.6 Å². The van der Waals surface area contributed by atoms with Crippen molar-refractivity contribution in [1.29, 1.82) is 0 Å². The minimum Gasteiger partial charge on any atom is -0.340 e. The van der Waals surface area contributed by atoms with Crippen molar-refractivity contribution in [2.24, 2.45) is 11.8 Å². The fourth-order valence-electron chi connectivity index (χ4n) is 4.31. The van der Waals surface area contributed by atoms with Crippen molar-refractivity contribution in [1.82, 2.24) is 34.9 Å². The fourth-order valence-corrected chi connectivity index (χ4v) is 4.31. The summed E-state index contributed by atoms with van der Waals surface area (Å²) in [4.78, 5) is 30.5. The van der Waals surface area contributed by atoms with Crippen LogP contribution in [0.4, 0.5) is 9.18 Å². The van der Waals surface area contributed by atoms with Crippen molar-refractivity contribution < 1.29 is 14.0 Å². The number of carbonyl (C=O) groups excluding carboxylic acids is 2. The number of tetrazole rings is 1. The molecule has 0 saturated carbocycles. The van der Waals surface area contributed by atoms with Crippen molar-refractivity contribution in [3.8, 4) is 0 Å². The number of halogens is 1. The van der Waals surface area contributed by atoms with Crippen molar-refractivity contribution in [2.75, 3.05) is 33.7 Å². The highest BCUT2D eigenvalue weighted by Crippen LogP contribution is 2.45. The Morgan fingerprint density at radius 1 is 1.25 bits per heavy atom. The molecule has 1 aromatic carbocycles. The van der Waals surface area contributed by atoms with Crippen molar-refractivity contribution in [3.05, 3.63) is 42.0 Å². The number of urea groups is 1. The molecule has 2 saturated heterocycles. The van der Waals surface area contributed by atoms with Crippen LogP contribution in [0.15, 0.2) is 30.6 Å². The number of aromatic nitrogens is 4. The summed E-state index contributed by atoms with van der Waals surface area (Å²) in [6.45, 7) is 1.70. The Morgan fingerprint density at radius 3 is 2.75 bits per heavy atom. The van der Waals surface area contributed by atoms with Crippen LogP contribution < -0.4 is 0 Å². The zero-order valence-electron chi connectivity index (χ0n) is 15.8. The lowest BCUT2D eigenvalue weighted by atomic mass is 9.89. The van der Waals surface area contributed by atoms with Crippen molar-refractivity contribution in [2.45, 2.75) is 12.6 Å². The van der Waals surface area contributed by atoms with Gasteiger partial charge >= 0.3 is 6.03 Å². The van der Waals surface area contributed by atoms with Crippen LogP contribution in [0.1, 0.15) is 11.6 Å². The first-order valence-corrected chi connectivity index (χ1v) is 9.16. The molecule has 0 unspecified atom stereocenters. The van der Waals surface area contributed by atoms with Gasteiger partial charge in [0.25, 0.3) is 0 Å². The summed E-state index contributed by atoms with van der Waals surface area (Å²) in [7, 11) is 3.42. The molecule has 4 rings (SSSR count). The molecule has 3 atom stereocenters. The molecule has 3 amide bonds. The molecule has 0 aliphatic carbocycles. The lowest BCUT2D eigenvalue weighted by molar-refractivity contribution is -0.131. The highest BCUT2D eigenvalue weighted by molar-refractivity contribution is 5.77. The van der Waals surface area contributed by atoms with Gasteiger partial charge in [0.05, 0.1) is 6.04 Å². The molecule has 2 aliphatic rings. The van der Waals surface area contributed by atoms with Crippen molar-refractivity contribution >= 4 is 11.9 Å². The highest BCUT2D eigenvalue weighted by atomic mass is 19.1. The van der Waals surface area contributed by atoms with Crippen LogP contribution >= 0.6 is 0 Å². The summed E-state index contributed by atoms with van der Waals surface area (Å²) >= 11 is 0. The Bertz CT molecular complexity index is 873. The van der Waals surface area contributed by atoms with Gasteiger partial charge in [0.2, 0.25) is 5.91 Å². The van der Waals surface area contributed by atoms with Crippen LogP contribution in [0.25, 0.3) is 0 Å². The van der Waals surface area contributed by atoms with Crippen LogP contribution in [0, 0.1) is 17.7 Å². The van der Waals surface area contributed by atoms with Gasteiger partial charge in [0.1, 0.15) is 18.7 Å². The number of hydrogen-bond donors (Lipinski definition) is 0. The molecule has 2 aromatic rings. The van der Waals surface area contributed by atoms with E-state index in [1.165, 1.54) is 28.0 Å². The number of benzene rings is 1. The molecule has 1 aromatic heterocycles. The van der Waals surface area contributed by atoms with Crippen molar-refractivity contribution in [3.63, 3.8) is 0 Å². The second-order valence-electron chi connectivity index (χ2n) is 7.56. The number of carbonyl (C=O) groups is 2. The van der Waals surface area contributed by atoms with Gasteiger partial charge in [-0.15, -0.1) is 5.10 Å². The predicted molar refractivity (Wildman–Crippen MR) is 96.3 cm³/mol. The Kier molecular flexibility index (Phi) is 4.70. The molecule has 0 N–H and O–H groups in total. The largest absolute Gasteiger partial charge is 0.340 e. The highest BCUT2D eigenvalue weighted by Gasteiger charge is 2.50. The standard InChI is InChI=1S/C18H22FN7O2/c1-23(2)18(28)26-8-13-7-24(16(27)10-25-11-20-21-22-25)9-15(13)17(26)12-4-3-5-14(19)6-12/h3-6,11,13,15,17H,7-10H2,1-2H3/t13-,15-,17+/m1/s1. The molecule has 0 radical (unpaired) electrons. The minimum absolute atomic E-state index is 0.0588. The number of rotatable bonds is 3. The van der Waals surface area contributed by atoms with E-state index in [4.69, 9.17) is 0 Å². The van der Waals surface area contributed by atoms with Crippen LogP contribution in [-0.2, 0) is 11.3 Å². The SMILES string of the molecule is CN(C)C(=O)N1C[C@H]2CN(C(=O)Cn3cnnn3)C[C@H]2[C@@H]1c1cccc(F)c1. The van der Waals surface area contributed by atoms with Crippen LogP contribution in [0.2, 0.25) is 0 Å². The normalized spacial score (nSPS) is 23.8. The third kappa shape index (κ3) is 3.30. The molecule has 10 heteroatoms. The number of likely N-dealkylation sites (tertiary alicyclic amines) is 2.